The molecule has 3 N–H and O–H groups in total. The van der Waals surface area contributed by atoms with Gasteiger partial charge >= 0.3 is 0 Å². The fraction of sp³-hybridized carbons (Fsp3) is 0.600. The minimum absolute atomic E-state index is 0.190. The Balaban J connectivity index is 2.33. The fourth-order valence-corrected chi connectivity index (χ4v) is 2.07. The summed E-state index contributed by atoms with van der Waals surface area (Å²) in [5.74, 6) is 1.12. The Morgan fingerprint density at radius 3 is 2.86 bits per heavy atom. The lowest BCUT2D eigenvalue weighted by Gasteiger charge is -2.11. The third-order valence-electron chi connectivity index (χ3n) is 2.81. The van der Waals surface area contributed by atoms with Crippen molar-refractivity contribution in [2.45, 2.75) is 32.1 Å². The molecule has 2 rings (SSSR count). The van der Waals surface area contributed by atoms with Gasteiger partial charge in [0, 0.05) is 12.7 Å². The number of nitrogens with one attached hydrogen (secondary N) is 1. The van der Waals surface area contributed by atoms with Gasteiger partial charge in [0.05, 0.1) is 18.0 Å². The van der Waals surface area contributed by atoms with Crippen LogP contribution in [0.1, 0.15) is 30.1 Å². The van der Waals surface area contributed by atoms with Gasteiger partial charge < -0.3 is 10.3 Å². The van der Waals surface area contributed by atoms with E-state index in [0.717, 1.165) is 18.7 Å². The Morgan fingerprint density at radius 2 is 2.21 bits per heavy atom. The fourth-order valence-electron chi connectivity index (χ4n) is 2.07. The van der Waals surface area contributed by atoms with Gasteiger partial charge in [-0.25, -0.2) is 4.98 Å². The maximum Gasteiger partial charge on any atom is 0.116 e. The van der Waals surface area contributed by atoms with Crippen LogP contribution in [0, 0.1) is 5.41 Å². The number of amidine groups is 1. The predicted molar refractivity (Wildman–Crippen MR) is 55.5 cm³/mol. The van der Waals surface area contributed by atoms with E-state index in [1.165, 1.54) is 24.2 Å². The molecule has 1 aromatic rings. The van der Waals surface area contributed by atoms with E-state index in [-0.39, 0.29) is 5.84 Å². The number of fused-ring (bicyclic) bond motifs is 1. The van der Waals surface area contributed by atoms with E-state index in [9.17, 15) is 0 Å². The summed E-state index contributed by atoms with van der Waals surface area (Å²) in [6, 6.07) is 0. The van der Waals surface area contributed by atoms with Gasteiger partial charge in [-0.1, -0.05) is 0 Å². The SMILES string of the molecule is Cn1c(CC(=N)N)nc2c1CCCC2. The first-order chi connectivity index (χ1) is 6.68. The average molecular weight is 192 g/mol. The van der Waals surface area contributed by atoms with Crippen molar-refractivity contribution in [1.82, 2.24) is 9.55 Å². The number of hydrogen-bond donors (Lipinski definition) is 2. The second-order valence-electron chi connectivity index (χ2n) is 3.89. The molecule has 0 aromatic carbocycles. The van der Waals surface area contributed by atoms with Gasteiger partial charge in [0.2, 0.25) is 0 Å². The summed E-state index contributed by atoms with van der Waals surface area (Å²) in [5.41, 5.74) is 7.94. The summed E-state index contributed by atoms with van der Waals surface area (Å²) in [5, 5.41) is 7.26. The van der Waals surface area contributed by atoms with Crippen molar-refractivity contribution in [2.24, 2.45) is 12.8 Å². The van der Waals surface area contributed by atoms with Crippen LogP contribution in [-0.4, -0.2) is 15.4 Å². The number of hydrogen-bond acceptors (Lipinski definition) is 2. The summed E-state index contributed by atoms with van der Waals surface area (Å²) < 4.78 is 2.11. The molecule has 0 amide bonds. The van der Waals surface area contributed by atoms with Gasteiger partial charge in [-0.05, 0) is 25.7 Å². The largest absolute Gasteiger partial charge is 0.387 e. The zero-order valence-electron chi connectivity index (χ0n) is 8.51. The molecule has 0 saturated heterocycles. The van der Waals surface area contributed by atoms with Gasteiger partial charge in [-0.3, -0.25) is 5.41 Å². The molecule has 0 aliphatic heterocycles. The molecule has 1 aromatic heterocycles. The van der Waals surface area contributed by atoms with Crippen molar-refractivity contribution >= 4 is 5.84 Å². The Kier molecular flexibility index (Phi) is 2.27. The van der Waals surface area contributed by atoms with Crippen molar-refractivity contribution in [1.29, 1.82) is 5.41 Å². The third-order valence-corrected chi connectivity index (χ3v) is 2.81. The molecule has 0 spiro atoms. The van der Waals surface area contributed by atoms with Crippen molar-refractivity contribution in [2.75, 3.05) is 0 Å². The molecule has 4 nitrogen and oxygen atoms in total. The molecular weight excluding hydrogens is 176 g/mol. The number of rotatable bonds is 2. The zero-order chi connectivity index (χ0) is 10.1. The van der Waals surface area contributed by atoms with Crippen molar-refractivity contribution < 1.29 is 0 Å². The Bertz CT molecular complexity index is 364. The number of nitrogens with zero attached hydrogens (tertiary/aromatic N) is 2. The molecule has 0 saturated carbocycles. The molecule has 0 bridgehead atoms. The highest BCUT2D eigenvalue weighted by atomic mass is 15.1. The molecule has 0 fully saturated rings. The van der Waals surface area contributed by atoms with E-state index in [2.05, 4.69) is 9.55 Å². The van der Waals surface area contributed by atoms with E-state index in [4.69, 9.17) is 11.1 Å². The number of nitrogens with two attached hydrogens (primary N) is 1. The van der Waals surface area contributed by atoms with Crippen LogP contribution in [0.2, 0.25) is 0 Å². The maximum atomic E-state index is 7.26. The van der Waals surface area contributed by atoms with E-state index in [1.54, 1.807) is 0 Å². The van der Waals surface area contributed by atoms with Crippen LogP contribution in [0.15, 0.2) is 0 Å². The molecule has 0 atom stereocenters. The highest BCUT2D eigenvalue weighted by molar-refractivity contribution is 5.78. The van der Waals surface area contributed by atoms with Crippen LogP contribution in [0.4, 0.5) is 0 Å². The molecule has 4 heteroatoms. The van der Waals surface area contributed by atoms with Gasteiger partial charge in [-0.2, -0.15) is 0 Å². The number of imidazole rings is 1. The summed E-state index contributed by atoms with van der Waals surface area (Å²) in [6.07, 6.45) is 5.18. The normalized spacial score (nSPS) is 15.2. The maximum absolute atomic E-state index is 7.26. The smallest absolute Gasteiger partial charge is 0.116 e. The Morgan fingerprint density at radius 1 is 1.50 bits per heavy atom. The van der Waals surface area contributed by atoms with Crippen LogP contribution in [0.25, 0.3) is 0 Å². The Labute approximate surface area is 83.6 Å². The van der Waals surface area contributed by atoms with Crippen LogP contribution >= 0.6 is 0 Å². The van der Waals surface area contributed by atoms with E-state index in [0.29, 0.717) is 6.42 Å². The summed E-state index contributed by atoms with van der Waals surface area (Å²) >= 11 is 0. The van der Waals surface area contributed by atoms with E-state index < -0.39 is 0 Å². The Hall–Kier alpha value is -1.32. The highest BCUT2D eigenvalue weighted by Gasteiger charge is 2.17. The molecule has 14 heavy (non-hydrogen) atoms. The summed E-state index contributed by atoms with van der Waals surface area (Å²) in [4.78, 5) is 4.53. The number of aryl methyl sites for hydroxylation is 1. The van der Waals surface area contributed by atoms with E-state index in [1.807, 2.05) is 7.05 Å². The summed E-state index contributed by atoms with van der Waals surface area (Å²) in [6.45, 7) is 0. The molecule has 1 heterocycles. The molecule has 76 valence electrons. The first kappa shape index (κ1) is 9.24. The lowest BCUT2D eigenvalue weighted by molar-refractivity contribution is 0.641. The number of aromatic nitrogens is 2. The van der Waals surface area contributed by atoms with Gasteiger partial charge in [0.15, 0.2) is 0 Å². The summed E-state index contributed by atoms with van der Waals surface area (Å²) in [7, 11) is 2.02. The van der Waals surface area contributed by atoms with Gasteiger partial charge in [0.1, 0.15) is 5.82 Å². The van der Waals surface area contributed by atoms with Crippen molar-refractivity contribution in [3.63, 3.8) is 0 Å². The molecule has 0 unspecified atom stereocenters. The van der Waals surface area contributed by atoms with Gasteiger partial charge in [-0.15, -0.1) is 0 Å². The first-order valence-corrected chi connectivity index (χ1v) is 5.04. The molecule has 1 aliphatic carbocycles. The van der Waals surface area contributed by atoms with Crippen LogP contribution in [0.3, 0.4) is 0 Å². The second-order valence-corrected chi connectivity index (χ2v) is 3.89. The topological polar surface area (TPSA) is 67.7 Å². The zero-order valence-corrected chi connectivity index (χ0v) is 8.51. The third kappa shape index (κ3) is 1.52. The standard InChI is InChI=1S/C10H16N4/c1-14-8-5-3-2-4-7(8)13-10(14)6-9(11)12/h2-6H2,1H3,(H3,11,12). The highest BCUT2D eigenvalue weighted by Crippen LogP contribution is 2.21. The van der Waals surface area contributed by atoms with Crippen molar-refractivity contribution in [3.05, 3.63) is 17.2 Å². The predicted octanol–water partition coefficient (Wildman–Crippen LogP) is 0.777. The second kappa shape index (κ2) is 3.44. The van der Waals surface area contributed by atoms with Crippen LogP contribution in [0.5, 0.6) is 0 Å². The molecular formula is C10H16N4. The van der Waals surface area contributed by atoms with Crippen LogP contribution in [-0.2, 0) is 26.3 Å². The monoisotopic (exact) mass is 192 g/mol. The minimum Gasteiger partial charge on any atom is -0.387 e. The van der Waals surface area contributed by atoms with Gasteiger partial charge in [0.25, 0.3) is 0 Å². The quantitative estimate of drug-likeness (QED) is 0.537. The van der Waals surface area contributed by atoms with E-state index >= 15 is 0 Å². The minimum atomic E-state index is 0.190. The van der Waals surface area contributed by atoms with Crippen molar-refractivity contribution in [3.8, 4) is 0 Å². The lowest BCUT2D eigenvalue weighted by atomic mass is 10.0. The lowest BCUT2D eigenvalue weighted by Crippen LogP contribution is -2.16. The average Bonchev–Trinajstić information content (AvgIpc) is 2.44. The van der Waals surface area contributed by atoms with Crippen LogP contribution < -0.4 is 5.73 Å². The first-order valence-electron chi connectivity index (χ1n) is 5.04. The molecule has 0 radical (unpaired) electrons. The molecule has 1 aliphatic rings.